The van der Waals surface area contributed by atoms with E-state index in [1.807, 2.05) is 0 Å². The van der Waals surface area contributed by atoms with E-state index >= 15 is 0 Å². The Kier molecular flexibility index (Phi) is 2.70. The summed E-state index contributed by atoms with van der Waals surface area (Å²) in [5, 5.41) is 0. The fraction of sp³-hybridized carbons (Fsp3) is 0.375. The van der Waals surface area contributed by atoms with Crippen LogP contribution in [0.5, 0.6) is 0 Å². The van der Waals surface area contributed by atoms with Gasteiger partial charge in [0.25, 0.3) is 0 Å². The van der Waals surface area contributed by atoms with Crippen molar-refractivity contribution in [2.75, 3.05) is 0 Å². The van der Waals surface area contributed by atoms with Crippen LogP contribution in [0.15, 0.2) is 24.4 Å². The Morgan fingerprint density at radius 1 is 1.50 bits per heavy atom. The Bertz CT molecular complexity index is 233. The van der Waals surface area contributed by atoms with Crippen LogP contribution in [-0.2, 0) is 11.3 Å². The van der Waals surface area contributed by atoms with Gasteiger partial charge in [-0.2, -0.15) is 8.78 Å². The molecule has 0 saturated carbocycles. The molecule has 0 aliphatic carbocycles. The van der Waals surface area contributed by atoms with Gasteiger partial charge in [0.05, 0.1) is 12.3 Å². The van der Waals surface area contributed by atoms with Crippen LogP contribution in [0.2, 0.25) is 0 Å². The molecule has 66 valence electrons. The number of pyridine rings is 1. The molecule has 4 heteroatoms. The summed E-state index contributed by atoms with van der Waals surface area (Å²) in [6.45, 7) is 0.542. The highest BCUT2D eigenvalue weighted by Gasteiger charge is 2.21. The zero-order valence-corrected chi connectivity index (χ0v) is 6.63. The van der Waals surface area contributed by atoms with Crippen molar-refractivity contribution in [1.29, 1.82) is 0 Å². The minimum atomic E-state index is -3.09. The molecule has 0 atom stereocenters. The monoisotopic (exact) mass is 173 g/mol. The number of alkyl halides is 2. The summed E-state index contributed by atoms with van der Waals surface area (Å²) >= 11 is 0. The first-order valence-electron chi connectivity index (χ1n) is 3.49. The maximum Gasteiger partial charge on any atom is 0.353 e. The molecule has 1 rings (SSSR count). The predicted molar refractivity (Wildman–Crippen MR) is 39.6 cm³/mol. The van der Waals surface area contributed by atoms with Crippen molar-refractivity contribution in [3.8, 4) is 0 Å². The molecule has 12 heavy (non-hydrogen) atoms. The second-order valence-electron chi connectivity index (χ2n) is 2.42. The van der Waals surface area contributed by atoms with Gasteiger partial charge < -0.3 is 4.74 Å². The van der Waals surface area contributed by atoms with Gasteiger partial charge in [-0.3, -0.25) is 4.98 Å². The fourth-order valence-electron chi connectivity index (χ4n) is 0.684. The molecule has 0 radical (unpaired) electrons. The number of hydrogen-bond donors (Lipinski definition) is 0. The SMILES string of the molecule is CC(F)(F)OCc1ccccn1. The van der Waals surface area contributed by atoms with Crippen molar-refractivity contribution in [3.05, 3.63) is 30.1 Å². The normalized spacial score (nSPS) is 11.6. The van der Waals surface area contributed by atoms with Crippen LogP contribution in [0, 0.1) is 0 Å². The van der Waals surface area contributed by atoms with E-state index in [4.69, 9.17) is 0 Å². The molecule has 0 spiro atoms. The van der Waals surface area contributed by atoms with Gasteiger partial charge in [0.1, 0.15) is 0 Å². The number of rotatable bonds is 3. The third-order valence-corrected chi connectivity index (χ3v) is 1.20. The minimum Gasteiger partial charge on any atom is -0.314 e. The van der Waals surface area contributed by atoms with Gasteiger partial charge in [-0.1, -0.05) is 6.07 Å². The van der Waals surface area contributed by atoms with E-state index in [1.54, 1.807) is 18.2 Å². The van der Waals surface area contributed by atoms with Crippen LogP contribution in [0.1, 0.15) is 12.6 Å². The first-order chi connectivity index (χ1) is 5.58. The standard InChI is InChI=1S/C8H9F2NO/c1-8(9,10)12-6-7-4-2-3-5-11-7/h2-5H,6H2,1H3. The smallest absolute Gasteiger partial charge is 0.314 e. The molecule has 0 amide bonds. The van der Waals surface area contributed by atoms with Crippen molar-refractivity contribution >= 4 is 0 Å². The van der Waals surface area contributed by atoms with E-state index in [1.165, 1.54) is 6.20 Å². The highest BCUT2D eigenvalue weighted by Crippen LogP contribution is 2.14. The van der Waals surface area contributed by atoms with Crippen LogP contribution in [0.25, 0.3) is 0 Å². The molecule has 1 aromatic rings. The zero-order valence-electron chi connectivity index (χ0n) is 6.63. The first kappa shape index (κ1) is 9.06. The molecule has 0 unspecified atom stereocenters. The maximum atomic E-state index is 12.2. The lowest BCUT2D eigenvalue weighted by Gasteiger charge is -2.10. The summed E-state index contributed by atoms with van der Waals surface area (Å²) in [5.74, 6) is 0. The topological polar surface area (TPSA) is 22.1 Å². The average Bonchev–Trinajstić information content (AvgIpc) is 2.02. The predicted octanol–water partition coefficient (Wildman–Crippen LogP) is 2.21. The lowest BCUT2D eigenvalue weighted by molar-refractivity contribution is -0.231. The van der Waals surface area contributed by atoms with Crippen molar-refractivity contribution < 1.29 is 13.5 Å². The number of ether oxygens (including phenoxy) is 1. The third kappa shape index (κ3) is 3.39. The molecular formula is C8H9F2NO. The average molecular weight is 173 g/mol. The van der Waals surface area contributed by atoms with Gasteiger partial charge in [0, 0.05) is 13.1 Å². The molecule has 0 saturated heterocycles. The molecule has 1 heterocycles. The van der Waals surface area contributed by atoms with E-state index in [0.717, 1.165) is 0 Å². The molecule has 0 aliphatic heterocycles. The number of nitrogens with zero attached hydrogens (tertiary/aromatic N) is 1. The van der Waals surface area contributed by atoms with Gasteiger partial charge in [-0.05, 0) is 12.1 Å². The molecule has 0 aliphatic rings. The molecule has 0 bridgehead atoms. The van der Waals surface area contributed by atoms with Crippen LogP contribution in [0.4, 0.5) is 8.78 Å². The van der Waals surface area contributed by atoms with Gasteiger partial charge in [0.15, 0.2) is 0 Å². The van der Waals surface area contributed by atoms with E-state index < -0.39 is 6.11 Å². The Morgan fingerprint density at radius 2 is 2.25 bits per heavy atom. The van der Waals surface area contributed by atoms with Crippen LogP contribution >= 0.6 is 0 Å². The van der Waals surface area contributed by atoms with Crippen molar-refractivity contribution in [1.82, 2.24) is 4.98 Å². The van der Waals surface area contributed by atoms with Crippen LogP contribution < -0.4 is 0 Å². The summed E-state index contributed by atoms with van der Waals surface area (Å²) in [7, 11) is 0. The molecule has 1 aromatic heterocycles. The van der Waals surface area contributed by atoms with Crippen molar-refractivity contribution in [2.24, 2.45) is 0 Å². The summed E-state index contributed by atoms with van der Waals surface area (Å²) in [6.07, 6.45) is -1.55. The summed E-state index contributed by atoms with van der Waals surface area (Å²) in [5.41, 5.74) is 0.499. The van der Waals surface area contributed by atoms with Crippen LogP contribution in [0.3, 0.4) is 0 Å². The second kappa shape index (κ2) is 3.58. The molecule has 0 aromatic carbocycles. The fourth-order valence-corrected chi connectivity index (χ4v) is 0.684. The minimum absolute atomic E-state index is 0.162. The third-order valence-electron chi connectivity index (χ3n) is 1.20. The molecule has 0 N–H and O–H groups in total. The van der Waals surface area contributed by atoms with Gasteiger partial charge in [-0.15, -0.1) is 0 Å². The lowest BCUT2D eigenvalue weighted by atomic mass is 10.4. The summed E-state index contributed by atoms with van der Waals surface area (Å²) in [6, 6.07) is 5.07. The first-order valence-corrected chi connectivity index (χ1v) is 3.49. The number of hydrogen-bond acceptors (Lipinski definition) is 2. The second-order valence-corrected chi connectivity index (χ2v) is 2.42. The van der Waals surface area contributed by atoms with E-state index in [9.17, 15) is 8.78 Å². The van der Waals surface area contributed by atoms with Crippen molar-refractivity contribution in [3.63, 3.8) is 0 Å². The zero-order chi connectivity index (χ0) is 9.03. The maximum absolute atomic E-state index is 12.2. The quantitative estimate of drug-likeness (QED) is 0.699. The van der Waals surface area contributed by atoms with Crippen molar-refractivity contribution in [2.45, 2.75) is 19.6 Å². The lowest BCUT2D eigenvalue weighted by Crippen LogP contribution is -2.15. The van der Waals surface area contributed by atoms with Gasteiger partial charge in [0.2, 0.25) is 0 Å². The summed E-state index contributed by atoms with van der Waals surface area (Å²) in [4.78, 5) is 3.82. The van der Waals surface area contributed by atoms with Crippen LogP contribution in [-0.4, -0.2) is 11.1 Å². The highest BCUT2D eigenvalue weighted by atomic mass is 19.3. The Labute approximate surface area is 69.2 Å². The number of halogens is 2. The van der Waals surface area contributed by atoms with Gasteiger partial charge in [-0.25, -0.2) is 0 Å². The summed E-state index contributed by atoms with van der Waals surface area (Å²) < 4.78 is 28.5. The van der Waals surface area contributed by atoms with E-state index in [0.29, 0.717) is 12.6 Å². The highest BCUT2D eigenvalue weighted by molar-refractivity contribution is 5.01. The Hall–Kier alpha value is -1.03. The molecular weight excluding hydrogens is 164 g/mol. The van der Waals surface area contributed by atoms with E-state index in [2.05, 4.69) is 9.72 Å². The Balaban J connectivity index is 2.44. The number of aromatic nitrogens is 1. The molecule has 2 nitrogen and oxygen atoms in total. The van der Waals surface area contributed by atoms with Gasteiger partial charge >= 0.3 is 6.11 Å². The Morgan fingerprint density at radius 3 is 2.75 bits per heavy atom. The molecule has 0 fully saturated rings. The van der Waals surface area contributed by atoms with E-state index in [-0.39, 0.29) is 6.61 Å². The largest absolute Gasteiger partial charge is 0.353 e.